The number of alkyl halides is 3. The first-order valence-corrected chi connectivity index (χ1v) is 6.00. The summed E-state index contributed by atoms with van der Waals surface area (Å²) in [5.74, 6) is -2.37. The molecule has 1 rings (SSSR count). The Morgan fingerprint density at radius 1 is 1.30 bits per heavy atom. The van der Waals surface area contributed by atoms with Crippen LogP contribution in [-0.2, 0) is 4.79 Å². The number of hydrogen-bond acceptors (Lipinski definition) is 4. The van der Waals surface area contributed by atoms with Crippen molar-refractivity contribution >= 4 is 5.78 Å². The van der Waals surface area contributed by atoms with E-state index in [2.05, 4.69) is 0 Å². The molecule has 0 aliphatic rings. The molecule has 4 nitrogen and oxygen atoms in total. The van der Waals surface area contributed by atoms with Gasteiger partial charge in [-0.15, -0.1) is 0 Å². The summed E-state index contributed by atoms with van der Waals surface area (Å²) in [6.45, 7) is 0.431. The van der Waals surface area contributed by atoms with E-state index in [-0.39, 0.29) is 5.75 Å². The highest BCUT2D eigenvalue weighted by molar-refractivity contribution is 5.84. The first kappa shape index (κ1) is 16.5. The second kappa shape index (κ2) is 6.23. The van der Waals surface area contributed by atoms with E-state index < -0.39 is 36.6 Å². The molecule has 0 aromatic heterocycles. The smallest absolute Gasteiger partial charge is 0.393 e. The molecule has 0 saturated heterocycles. The van der Waals surface area contributed by atoms with Crippen LogP contribution in [0.25, 0.3) is 0 Å². The lowest BCUT2D eigenvalue weighted by atomic mass is 9.94. The molecule has 2 unspecified atom stereocenters. The third-order valence-electron chi connectivity index (χ3n) is 2.94. The summed E-state index contributed by atoms with van der Waals surface area (Å²) in [5.41, 5.74) is 8.78. The van der Waals surface area contributed by atoms with Crippen molar-refractivity contribution in [3.05, 3.63) is 30.3 Å². The molecular formula is C13H17F3N2O2. The molecule has 2 atom stereocenters. The summed E-state index contributed by atoms with van der Waals surface area (Å²) in [6, 6.07) is 7.97. The maximum Gasteiger partial charge on any atom is 0.393 e. The van der Waals surface area contributed by atoms with Crippen molar-refractivity contribution in [1.82, 2.24) is 0 Å². The molecule has 0 heterocycles. The molecule has 0 aliphatic heterocycles. The Morgan fingerprint density at radius 2 is 1.85 bits per heavy atom. The second-order valence-corrected chi connectivity index (χ2v) is 4.54. The van der Waals surface area contributed by atoms with Gasteiger partial charge in [-0.1, -0.05) is 18.2 Å². The maximum atomic E-state index is 12.8. The van der Waals surface area contributed by atoms with Gasteiger partial charge in [0.05, 0.1) is 5.92 Å². The Kier molecular flexibility index (Phi) is 5.13. The highest BCUT2D eigenvalue weighted by Gasteiger charge is 2.46. The molecule has 20 heavy (non-hydrogen) atoms. The molecule has 4 N–H and O–H groups in total. The fraction of sp³-hybridized carbons (Fsp3) is 0.462. The molecule has 0 bridgehead atoms. The molecule has 0 spiro atoms. The van der Waals surface area contributed by atoms with E-state index in [1.165, 1.54) is 12.1 Å². The van der Waals surface area contributed by atoms with Crippen molar-refractivity contribution in [3.8, 4) is 5.75 Å². The van der Waals surface area contributed by atoms with Crippen LogP contribution in [0.3, 0.4) is 0 Å². The van der Waals surface area contributed by atoms with Gasteiger partial charge < -0.3 is 10.5 Å². The van der Waals surface area contributed by atoms with Crippen molar-refractivity contribution < 1.29 is 22.7 Å². The topological polar surface area (TPSA) is 78.3 Å². The molecule has 112 valence electrons. The molecule has 0 saturated carbocycles. The molecule has 0 amide bonds. The van der Waals surface area contributed by atoms with Gasteiger partial charge in [0.25, 0.3) is 0 Å². The third-order valence-corrected chi connectivity index (χ3v) is 2.94. The normalized spacial score (nSPS) is 16.3. The number of Topliss-reactive ketones (excluding diaryl/α,β-unsaturated/α-hetero) is 1. The lowest BCUT2D eigenvalue weighted by Crippen LogP contribution is -2.55. The third kappa shape index (κ3) is 4.21. The number of hydrogen-bond donors (Lipinski definition) is 2. The largest absolute Gasteiger partial charge is 0.466 e. The van der Waals surface area contributed by atoms with E-state index in [1.807, 2.05) is 0 Å². The fourth-order valence-electron chi connectivity index (χ4n) is 1.65. The first-order chi connectivity index (χ1) is 9.19. The standard InChI is InChI=1S/C13H17F3N2O2/c1-9(19)12(18,7-10(8-17)13(14,15)16)20-11-5-3-2-4-6-11/h2-6,10H,7-8,17-18H2,1H3. The summed E-state index contributed by atoms with van der Waals surface area (Å²) in [4.78, 5) is 11.6. The Morgan fingerprint density at radius 3 is 2.25 bits per heavy atom. The molecule has 1 aromatic carbocycles. The van der Waals surface area contributed by atoms with E-state index in [0.29, 0.717) is 0 Å². The SMILES string of the molecule is CC(=O)C(N)(CC(CN)C(F)(F)F)Oc1ccccc1. The highest BCUT2D eigenvalue weighted by Crippen LogP contribution is 2.32. The number of para-hydroxylation sites is 1. The average molecular weight is 290 g/mol. The summed E-state index contributed by atoms with van der Waals surface area (Å²) in [6.07, 6.45) is -5.26. The summed E-state index contributed by atoms with van der Waals surface area (Å²) < 4.78 is 43.5. The van der Waals surface area contributed by atoms with Gasteiger partial charge in [-0.2, -0.15) is 13.2 Å². The number of carbonyl (C=O) groups excluding carboxylic acids is 1. The van der Waals surface area contributed by atoms with Crippen LogP contribution in [0.4, 0.5) is 13.2 Å². The zero-order chi connectivity index (χ0) is 15.4. The second-order valence-electron chi connectivity index (χ2n) is 4.54. The van der Waals surface area contributed by atoms with Crippen molar-refractivity contribution in [3.63, 3.8) is 0 Å². The van der Waals surface area contributed by atoms with Gasteiger partial charge in [-0.25, -0.2) is 0 Å². The van der Waals surface area contributed by atoms with E-state index in [9.17, 15) is 18.0 Å². The maximum absolute atomic E-state index is 12.8. The molecule has 0 aliphatic carbocycles. The van der Waals surface area contributed by atoms with Gasteiger partial charge in [0.15, 0.2) is 5.78 Å². The Balaban J connectivity index is 2.95. The van der Waals surface area contributed by atoms with Crippen LogP contribution in [0.2, 0.25) is 0 Å². The summed E-state index contributed by atoms with van der Waals surface area (Å²) in [5, 5.41) is 0. The van der Waals surface area contributed by atoms with Crippen molar-refractivity contribution in [2.75, 3.05) is 6.54 Å². The van der Waals surface area contributed by atoms with E-state index in [0.717, 1.165) is 6.92 Å². The lowest BCUT2D eigenvalue weighted by Gasteiger charge is -2.32. The van der Waals surface area contributed by atoms with Crippen molar-refractivity contribution in [2.24, 2.45) is 17.4 Å². The zero-order valence-electron chi connectivity index (χ0n) is 11.0. The molecular weight excluding hydrogens is 273 g/mol. The van der Waals surface area contributed by atoms with Gasteiger partial charge >= 0.3 is 6.18 Å². The molecule has 1 aromatic rings. The van der Waals surface area contributed by atoms with Gasteiger partial charge in [0.1, 0.15) is 5.75 Å². The van der Waals surface area contributed by atoms with Crippen molar-refractivity contribution in [1.29, 1.82) is 0 Å². The number of rotatable bonds is 6. The van der Waals surface area contributed by atoms with Crippen LogP contribution in [0.1, 0.15) is 13.3 Å². The first-order valence-electron chi connectivity index (χ1n) is 6.00. The number of ketones is 1. The Hall–Kier alpha value is -1.60. The van der Waals surface area contributed by atoms with Gasteiger partial charge in [0.2, 0.25) is 5.72 Å². The minimum Gasteiger partial charge on any atom is -0.466 e. The quantitative estimate of drug-likeness (QED) is 0.784. The monoisotopic (exact) mass is 290 g/mol. The van der Waals surface area contributed by atoms with Crippen LogP contribution >= 0.6 is 0 Å². The molecule has 0 fully saturated rings. The summed E-state index contributed by atoms with van der Waals surface area (Å²) >= 11 is 0. The van der Waals surface area contributed by atoms with Gasteiger partial charge in [0, 0.05) is 19.9 Å². The Bertz CT molecular complexity index is 451. The number of ether oxygens (including phenoxy) is 1. The minimum absolute atomic E-state index is 0.225. The number of nitrogens with two attached hydrogens (primary N) is 2. The van der Waals surface area contributed by atoms with Crippen LogP contribution in [0.5, 0.6) is 5.75 Å². The van der Waals surface area contributed by atoms with E-state index in [4.69, 9.17) is 16.2 Å². The predicted molar refractivity (Wildman–Crippen MR) is 67.9 cm³/mol. The highest BCUT2D eigenvalue weighted by atomic mass is 19.4. The fourth-order valence-corrected chi connectivity index (χ4v) is 1.65. The summed E-state index contributed by atoms with van der Waals surface area (Å²) in [7, 11) is 0. The van der Waals surface area contributed by atoms with Gasteiger partial charge in [-0.3, -0.25) is 10.5 Å². The van der Waals surface area contributed by atoms with Crippen LogP contribution in [0.15, 0.2) is 30.3 Å². The lowest BCUT2D eigenvalue weighted by molar-refractivity contribution is -0.184. The van der Waals surface area contributed by atoms with Crippen LogP contribution in [0, 0.1) is 5.92 Å². The number of halogens is 3. The average Bonchev–Trinajstić information content (AvgIpc) is 2.35. The van der Waals surface area contributed by atoms with E-state index >= 15 is 0 Å². The minimum atomic E-state index is -4.53. The van der Waals surface area contributed by atoms with E-state index in [1.54, 1.807) is 18.2 Å². The molecule has 0 radical (unpaired) electrons. The van der Waals surface area contributed by atoms with Gasteiger partial charge in [-0.05, 0) is 12.1 Å². The van der Waals surface area contributed by atoms with Crippen molar-refractivity contribution in [2.45, 2.75) is 25.2 Å². The zero-order valence-corrected chi connectivity index (χ0v) is 11.0. The predicted octanol–water partition coefficient (Wildman–Crippen LogP) is 1.84. The Labute approximate surface area is 114 Å². The molecule has 7 heteroatoms. The number of benzene rings is 1. The van der Waals surface area contributed by atoms with Crippen LogP contribution in [-0.4, -0.2) is 24.2 Å². The van der Waals surface area contributed by atoms with Crippen LogP contribution < -0.4 is 16.2 Å². The number of carbonyl (C=O) groups is 1.